The van der Waals surface area contributed by atoms with Crippen molar-refractivity contribution in [1.29, 1.82) is 0 Å². The van der Waals surface area contributed by atoms with Crippen molar-refractivity contribution in [1.82, 2.24) is 19.7 Å². The summed E-state index contributed by atoms with van der Waals surface area (Å²) in [5.41, 5.74) is 3.93. The molecule has 2 N–H and O–H groups in total. The lowest BCUT2D eigenvalue weighted by atomic mass is 10.1. The Morgan fingerprint density at radius 3 is 2.82 bits per heavy atom. The first-order valence-electron chi connectivity index (χ1n) is 10.2. The first-order chi connectivity index (χ1) is 16.5. The molecule has 0 aliphatic carbocycles. The number of thioether (sulfide) groups is 1. The summed E-state index contributed by atoms with van der Waals surface area (Å²) in [7, 11) is 0. The van der Waals surface area contributed by atoms with Gasteiger partial charge in [0.15, 0.2) is 4.34 Å². The molecule has 0 saturated heterocycles. The fourth-order valence-electron chi connectivity index (χ4n) is 3.38. The van der Waals surface area contributed by atoms with Gasteiger partial charge in [0.25, 0.3) is 0 Å². The van der Waals surface area contributed by atoms with Crippen LogP contribution in [-0.2, 0) is 4.79 Å². The molecule has 0 fully saturated rings. The molecule has 0 bridgehead atoms. The number of imidazole rings is 1. The molecule has 0 amide bonds. The largest absolute Gasteiger partial charge is 0.493 e. The van der Waals surface area contributed by atoms with E-state index in [2.05, 4.69) is 25.5 Å². The number of carbonyl (C=O) groups is 1. The molecule has 0 unspecified atom stereocenters. The summed E-state index contributed by atoms with van der Waals surface area (Å²) in [4.78, 5) is 21.2. The molecule has 34 heavy (non-hydrogen) atoms. The number of fused-ring (bicyclic) bond motifs is 1. The fourth-order valence-corrected chi connectivity index (χ4v) is 5.22. The van der Waals surface area contributed by atoms with E-state index >= 15 is 0 Å². The molecule has 8 nitrogen and oxygen atoms in total. The van der Waals surface area contributed by atoms with Crippen molar-refractivity contribution in [2.24, 2.45) is 4.99 Å². The Hall–Kier alpha value is -3.47. The van der Waals surface area contributed by atoms with E-state index in [0.29, 0.717) is 26.0 Å². The highest BCUT2D eigenvalue weighted by Gasteiger charge is 2.20. The molecule has 1 aliphatic heterocycles. The highest BCUT2D eigenvalue weighted by Crippen LogP contribution is 2.35. The Balaban J connectivity index is 1.30. The summed E-state index contributed by atoms with van der Waals surface area (Å²) in [5.74, 6) is 0.502. The van der Waals surface area contributed by atoms with Gasteiger partial charge in [-0.1, -0.05) is 41.1 Å². The Labute approximate surface area is 208 Å². The molecule has 2 aromatic heterocycles. The summed E-state index contributed by atoms with van der Waals surface area (Å²) in [6.07, 6.45) is 3.54. The zero-order chi connectivity index (χ0) is 23.7. The van der Waals surface area contributed by atoms with Crippen LogP contribution in [0, 0.1) is 6.92 Å². The van der Waals surface area contributed by atoms with E-state index < -0.39 is 0 Å². The van der Waals surface area contributed by atoms with E-state index in [4.69, 9.17) is 11.6 Å². The van der Waals surface area contributed by atoms with Crippen LogP contribution in [0.2, 0.25) is 5.02 Å². The highest BCUT2D eigenvalue weighted by atomic mass is 35.5. The average molecular weight is 509 g/mol. The molecule has 0 radical (unpaired) electrons. The zero-order valence-electron chi connectivity index (χ0n) is 17.8. The molecular formula is C23H17ClN6O2S2. The normalized spacial score (nSPS) is 13.4. The van der Waals surface area contributed by atoms with Gasteiger partial charge in [0.2, 0.25) is 16.1 Å². The maximum atomic E-state index is 12.4. The monoisotopic (exact) mass is 508 g/mol. The van der Waals surface area contributed by atoms with Gasteiger partial charge in [0.05, 0.1) is 12.2 Å². The Morgan fingerprint density at radius 1 is 1.21 bits per heavy atom. The third-order valence-electron chi connectivity index (χ3n) is 4.97. The van der Waals surface area contributed by atoms with Crippen molar-refractivity contribution in [2.45, 2.75) is 11.3 Å². The molecule has 0 spiro atoms. The number of aliphatic imine (C=N–C) groups is 1. The quantitative estimate of drug-likeness (QED) is 0.337. The standard InChI is InChI=1S/C23H17ClN6O2S2/c1-13-27-19(10-14-11-26-18-5-3-2-4-17(14)18)21(32)30(13)22-28-29-23(34-22)33-20(31)12-25-16-8-6-15(24)7-9-16/h2-11,25,32H,12H2,1H3. The van der Waals surface area contributed by atoms with E-state index in [0.717, 1.165) is 34.3 Å². The number of nitrogens with one attached hydrogen (secondary N) is 1. The fraction of sp³-hybridized carbons (Fsp3) is 0.0870. The second kappa shape index (κ2) is 9.41. The summed E-state index contributed by atoms with van der Waals surface area (Å²) in [6.45, 7) is 1.89. The Kier molecular flexibility index (Phi) is 6.18. The molecular weight excluding hydrogens is 492 g/mol. The lowest BCUT2D eigenvalue weighted by molar-refractivity contribution is -0.109. The number of allylic oxidation sites excluding steroid dienone is 1. The average Bonchev–Trinajstić information content (AvgIpc) is 3.52. The molecule has 11 heteroatoms. The number of anilines is 1. The van der Waals surface area contributed by atoms with E-state index in [-0.39, 0.29) is 17.5 Å². The molecule has 0 atom stereocenters. The molecule has 2 aromatic carbocycles. The Bertz CT molecular complexity index is 1440. The number of nitrogens with zero attached hydrogens (tertiary/aromatic N) is 5. The van der Waals surface area contributed by atoms with Crippen molar-refractivity contribution in [3.63, 3.8) is 0 Å². The second-order valence-corrected chi connectivity index (χ2v) is 9.96. The summed E-state index contributed by atoms with van der Waals surface area (Å²) in [5, 5.41) is 23.1. The van der Waals surface area contributed by atoms with Crippen LogP contribution in [0.3, 0.4) is 0 Å². The number of para-hydroxylation sites is 1. The molecule has 4 aromatic rings. The van der Waals surface area contributed by atoms with Crippen molar-refractivity contribution in [3.8, 4) is 11.0 Å². The first-order valence-corrected chi connectivity index (χ1v) is 12.2. The van der Waals surface area contributed by atoms with Crippen LogP contribution in [-0.4, -0.2) is 42.7 Å². The van der Waals surface area contributed by atoms with Crippen LogP contribution >= 0.6 is 34.7 Å². The number of hydrogen-bond donors (Lipinski definition) is 2. The second-order valence-electron chi connectivity index (χ2n) is 7.26. The van der Waals surface area contributed by atoms with E-state index in [1.165, 1.54) is 15.9 Å². The predicted molar refractivity (Wildman–Crippen MR) is 137 cm³/mol. The molecule has 1 aliphatic rings. The van der Waals surface area contributed by atoms with Crippen LogP contribution in [0.5, 0.6) is 5.88 Å². The lowest BCUT2D eigenvalue weighted by Crippen LogP contribution is -2.09. The van der Waals surface area contributed by atoms with E-state index in [1.54, 1.807) is 43.5 Å². The topological polar surface area (TPSA) is 105 Å². The summed E-state index contributed by atoms with van der Waals surface area (Å²) < 4.78 is 1.99. The van der Waals surface area contributed by atoms with Crippen molar-refractivity contribution >= 4 is 69.1 Å². The van der Waals surface area contributed by atoms with Gasteiger partial charge in [0.1, 0.15) is 11.5 Å². The van der Waals surface area contributed by atoms with Gasteiger partial charge in [-0.3, -0.25) is 9.79 Å². The van der Waals surface area contributed by atoms with E-state index in [1.807, 2.05) is 24.3 Å². The third kappa shape index (κ3) is 4.60. The number of hydrogen-bond acceptors (Lipinski definition) is 9. The maximum absolute atomic E-state index is 12.4. The Morgan fingerprint density at radius 2 is 2.00 bits per heavy atom. The number of aryl methyl sites for hydroxylation is 1. The zero-order valence-corrected chi connectivity index (χ0v) is 20.2. The third-order valence-corrected chi connectivity index (χ3v) is 7.05. The van der Waals surface area contributed by atoms with Gasteiger partial charge in [-0.2, -0.15) is 0 Å². The molecule has 0 saturated carbocycles. The van der Waals surface area contributed by atoms with Gasteiger partial charge in [-0.05, 0) is 55.1 Å². The van der Waals surface area contributed by atoms with Gasteiger partial charge < -0.3 is 10.4 Å². The van der Waals surface area contributed by atoms with Gasteiger partial charge >= 0.3 is 0 Å². The highest BCUT2D eigenvalue weighted by molar-refractivity contribution is 8.15. The molecule has 5 rings (SSSR count). The van der Waals surface area contributed by atoms with Crippen LogP contribution in [0.4, 0.5) is 11.4 Å². The van der Waals surface area contributed by atoms with Gasteiger partial charge in [-0.25, -0.2) is 9.55 Å². The van der Waals surface area contributed by atoms with Crippen LogP contribution in [0.1, 0.15) is 17.1 Å². The molecule has 170 valence electrons. The molecule has 3 heterocycles. The smallest absolute Gasteiger partial charge is 0.225 e. The minimum absolute atomic E-state index is 0.0498. The van der Waals surface area contributed by atoms with Crippen molar-refractivity contribution in [2.75, 3.05) is 11.9 Å². The van der Waals surface area contributed by atoms with Gasteiger partial charge in [-0.15, -0.1) is 10.2 Å². The number of aromatic hydroxyl groups is 1. The number of benzene rings is 2. The lowest BCUT2D eigenvalue weighted by Gasteiger charge is -2.04. The van der Waals surface area contributed by atoms with Crippen molar-refractivity contribution in [3.05, 3.63) is 70.6 Å². The maximum Gasteiger partial charge on any atom is 0.225 e. The van der Waals surface area contributed by atoms with Crippen molar-refractivity contribution < 1.29 is 9.90 Å². The number of aromatic nitrogens is 4. The first kappa shape index (κ1) is 22.3. The van der Waals surface area contributed by atoms with Crippen LogP contribution in [0.25, 0.3) is 16.8 Å². The minimum Gasteiger partial charge on any atom is -0.493 e. The minimum atomic E-state index is -0.117. The summed E-state index contributed by atoms with van der Waals surface area (Å²) >= 11 is 8.07. The van der Waals surface area contributed by atoms with E-state index in [9.17, 15) is 9.90 Å². The number of halogens is 1. The SMILES string of the molecule is Cc1nc(C=C2C=Nc3ccccc32)c(O)n1-c1nnc(SC(=O)CNc2ccc(Cl)cc2)s1. The number of rotatable bonds is 6. The predicted octanol–water partition coefficient (Wildman–Crippen LogP) is 5.38. The van der Waals surface area contributed by atoms with Crippen LogP contribution in [0.15, 0.2) is 57.9 Å². The van der Waals surface area contributed by atoms with Gasteiger partial charge in [0, 0.05) is 28.1 Å². The number of carbonyl (C=O) groups excluding carboxylic acids is 1. The van der Waals surface area contributed by atoms with Crippen LogP contribution < -0.4 is 5.32 Å². The summed E-state index contributed by atoms with van der Waals surface area (Å²) in [6, 6.07) is 14.9.